The first-order valence-electron chi connectivity index (χ1n) is 6.02. The number of allylic oxidation sites excluding steroid dienone is 1. The average Bonchev–Trinajstić information content (AvgIpc) is 2.13. The molecule has 0 amide bonds. The van der Waals surface area contributed by atoms with E-state index in [-0.39, 0.29) is 18.0 Å². The van der Waals surface area contributed by atoms with Gasteiger partial charge in [-0.1, -0.05) is 6.08 Å². The van der Waals surface area contributed by atoms with E-state index in [0.717, 1.165) is 31.3 Å². The van der Waals surface area contributed by atoms with Crippen LogP contribution >= 0.6 is 0 Å². The maximum atomic E-state index is 11.5. The Balaban J connectivity index is 1.89. The molecule has 0 aromatic rings. The van der Waals surface area contributed by atoms with Crippen molar-refractivity contribution in [3.8, 4) is 0 Å². The Morgan fingerprint density at radius 3 is 2.56 bits per heavy atom. The molecule has 16 heavy (non-hydrogen) atoms. The van der Waals surface area contributed by atoms with Crippen molar-refractivity contribution in [3.05, 3.63) is 11.6 Å². The van der Waals surface area contributed by atoms with E-state index in [9.17, 15) is 4.79 Å². The largest absolute Gasteiger partial charge is 0.463 e. The third kappa shape index (κ3) is 1.77. The Kier molecular flexibility index (Phi) is 2.82. The molecule has 3 fully saturated rings. The SMILES string of the molecule is CCOC(=O)/C(C)=C/C12CC(CCO)(C1)C2. The molecular weight excluding hydrogens is 204 g/mol. The van der Waals surface area contributed by atoms with Gasteiger partial charge in [0, 0.05) is 12.2 Å². The first-order chi connectivity index (χ1) is 7.55. The monoisotopic (exact) mass is 224 g/mol. The molecule has 3 aliphatic rings. The van der Waals surface area contributed by atoms with Gasteiger partial charge in [0.2, 0.25) is 0 Å². The van der Waals surface area contributed by atoms with Crippen LogP contribution in [0.1, 0.15) is 39.5 Å². The van der Waals surface area contributed by atoms with Gasteiger partial charge >= 0.3 is 5.97 Å². The van der Waals surface area contributed by atoms with Gasteiger partial charge in [-0.25, -0.2) is 4.79 Å². The van der Waals surface area contributed by atoms with Crippen LogP contribution in [0.25, 0.3) is 0 Å². The molecule has 0 aliphatic heterocycles. The third-order valence-electron chi connectivity index (χ3n) is 3.94. The number of aliphatic hydroxyl groups is 1. The fourth-order valence-electron chi connectivity index (χ4n) is 3.50. The lowest BCUT2D eigenvalue weighted by Gasteiger charge is -2.70. The summed E-state index contributed by atoms with van der Waals surface area (Å²) in [5.41, 5.74) is 1.39. The number of esters is 1. The second-order valence-electron chi connectivity index (χ2n) is 5.41. The second kappa shape index (κ2) is 3.88. The summed E-state index contributed by atoms with van der Waals surface area (Å²) >= 11 is 0. The molecule has 0 radical (unpaired) electrons. The van der Waals surface area contributed by atoms with Crippen LogP contribution in [0.3, 0.4) is 0 Å². The smallest absolute Gasteiger partial charge is 0.333 e. The van der Waals surface area contributed by atoms with E-state index in [0.29, 0.717) is 12.0 Å². The molecule has 0 atom stereocenters. The first kappa shape index (κ1) is 11.6. The first-order valence-corrected chi connectivity index (χ1v) is 6.02. The number of hydrogen-bond donors (Lipinski definition) is 1. The zero-order chi connectivity index (χ0) is 11.8. The van der Waals surface area contributed by atoms with Crippen molar-refractivity contribution in [1.29, 1.82) is 0 Å². The molecule has 0 saturated heterocycles. The lowest BCUT2D eigenvalue weighted by atomic mass is 9.34. The Hall–Kier alpha value is -0.830. The van der Waals surface area contributed by atoms with Crippen molar-refractivity contribution in [1.82, 2.24) is 0 Å². The highest BCUT2D eigenvalue weighted by Crippen LogP contribution is 2.75. The summed E-state index contributed by atoms with van der Waals surface area (Å²) in [6.45, 7) is 4.38. The van der Waals surface area contributed by atoms with Gasteiger partial charge in [0.15, 0.2) is 0 Å². The van der Waals surface area contributed by atoms with E-state index in [1.165, 1.54) is 0 Å². The van der Waals surface area contributed by atoms with E-state index >= 15 is 0 Å². The lowest BCUT2D eigenvalue weighted by molar-refractivity contribution is -0.179. The van der Waals surface area contributed by atoms with Crippen molar-refractivity contribution >= 4 is 5.97 Å². The Labute approximate surface area is 96.5 Å². The molecule has 3 aliphatic carbocycles. The summed E-state index contributed by atoms with van der Waals surface area (Å²) in [6.07, 6.45) is 6.41. The van der Waals surface area contributed by atoms with Crippen LogP contribution in [0.5, 0.6) is 0 Å². The van der Waals surface area contributed by atoms with Gasteiger partial charge in [-0.15, -0.1) is 0 Å². The van der Waals surface area contributed by atoms with Crippen molar-refractivity contribution < 1.29 is 14.6 Å². The molecule has 0 aromatic carbocycles. The predicted molar refractivity (Wildman–Crippen MR) is 60.8 cm³/mol. The van der Waals surface area contributed by atoms with E-state index in [1.54, 1.807) is 0 Å². The van der Waals surface area contributed by atoms with Crippen LogP contribution < -0.4 is 0 Å². The van der Waals surface area contributed by atoms with Crippen molar-refractivity contribution in [3.63, 3.8) is 0 Å². The maximum Gasteiger partial charge on any atom is 0.333 e. The number of ether oxygens (including phenoxy) is 1. The average molecular weight is 224 g/mol. The van der Waals surface area contributed by atoms with Gasteiger partial charge in [0.05, 0.1) is 6.61 Å². The van der Waals surface area contributed by atoms with Crippen LogP contribution in [0, 0.1) is 10.8 Å². The summed E-state index contributed by atoms with van der Waals surface area (Å²) in [6, 6.07) is 0. The van der Waals surface area contributed by atoms with Crippen molar-refractivity contribution in [2.45, 2.75) is 39.5 Å². The maximum absolute atomic E-state index is 11.5. The fourth-order valence-corrected chi connectivity index (χ4v) is 3.50. The van der Waals surface area contributed by atoms with Gasteiger partial charge < -0.3 is 9.84 Å². The van der Waals surface area contributed by atoms with Gasteiger partial charge in [-0.2, -0.15) is 0 Å². The standard InChI is InChI=1S/C13H20O3/c1-3-16-11(15)10(2)6-13-7-12(8-13,9-13)4-5-14/h6,14H,3-5,7-9H2,1-2H3/b10-6+. The van der Waals surface area contributed by atoms with Gasteiger partial charge in [-0.3, -0.25) is 0 Å². The van der Waals surface area contributed by atoms with Crippen LogP contribution in [0.15, 0.2) is 11.6 Å². The quantitative estimate of drug-likeness (QED) is 0.574. The zero-order valence-corrected chi connectivity index (χ0v) is 10.1. The highest BCUT2D eigenvalue weighted by atomic mass is 16.5. The van der Waals surface area contributed by atoms with Crippen LogP contribution in [-0.4, -0.2) is 24.3 Å². The lowest BCUT2D eigenvalue weighted by Crippen LogP contribution is -2.60. The van der Waals surface area contributed by atoms with Crippen LogP contribution in [0.4, 0.5) is 0 Å². The van der Waals surface area contributed by atoms with Crippen molar-refractivity contribution in [2.24, 2.45) is 10.8 Å². The molecule has 3 saturated carbocycles. The molecule has 2 bridgehead atoms. The molecule has 0 spiro atoms. The summed E-state index contributed by atoms with van der Waals surface area (Å²) in [4.78, 5) is 11.5. The topological polar surface area (TPSA) is 46.5 Å². The molecule has 3 rings (SSSR count). The Bertz CT molecular complexity index is 310. The minimum absolute atomic E-state index is 0.191. The molecule has 0 heterocycles. The van der Waals surface area contributed by atoms with Crippen molar-refractivity contribution in [2.75, 3.05) is 13.2 Å². The molecule has 90 valence electrons. The minimum atomic E-state index is -0.191. The highest BCUT2D eigenvalue weighted by Gasteiger charge is 2.65. The number of rotatable bonds is 5. The van der Waals surface area contributed by atoms with E-state index in [1.807, 2.05) is 13.8 Å². The third-order valence-corrected chi connectivity index (χ3v) is 3.94. The minimum Gasteiger partial charge on any atom is -0.463 e. The number of aliphatic hydroxyl groups excluding tert-OH is 1. The summed E-state index contributed by atoms with van der Waals surface area (Å²) in [5, 5.41) is 8.93. The summed E-state index contributed by atoms with van der Waals surface area (Å²) in [5.74, 6) is -0.191. The number of carbonyl (C=O) groups is 1. The van der Waals surface area contributed by atoms with E-state index in [2.05, 4.69) is 6.08 Å². The molecule has 1 N–H and O–H groups in total. The number of carbonyl (C=O) groups excluding carboxylic acids is 1. The van der Waals surface area contributed by atoms with Gasteiger partial charge in [0.1, 0.15) is 0 Å². The van der Waals surface area contributed by atoms with Gasteiger partial charge in [0.25, 0.3) is 0 Å². The Morgan fingerprint density at radius 2 is 2.06 bits per heavy atom. The summed E-state index contributed by atoms with van der Waals surface area (Å²) < 4.78 is 4.96. The normalized spacial score (nSPS) is 36.3. The van der Waals surface area contributed by atoms with E-state index < -0.39 is 0 Å². The van der Waals surface area contributed by atoms with Gasteiger partial charge in [-0.05, 0) is 50.4 Å². The molecule has 0 unspecified atom stereocenters. The van der Waals surface area contributed by atoms with Crippen LogP contribution in [0.2, 0.25) is 0 Å². The summed E-state index contributed by atoms with van der Waals surface area (Å²) in [7, 11) is 0. The Morgan fingerprint density at radius 1 is 1.44 bits per heavy atom. The molecular formula is C13H20O3. The highest BCUT2D eigenvalue weighted by molar-refractivity contribution is 5.88. The molecule has 3 heteroatoms. The molecule has 3 nitrogen and oxygen atoms in total. The second-order valence-corrected chi connectivity index (χ2v) is 5.41. The zero-order valence-electron chi connectivity index (χ0n) is 10.1. The van der Waals surface area contributed by atoms with Crippen LogP contribution in [-0.2, 0) is 9.53 Å². The predicted octanol–water partition coefficient (Wildman–Crippen LogP) is 2.05. The molecule has 0 aromatic heterocycles. The number of hydrogen-bond acceptors (Lipinski definition) is 3. The fraction of sp³-hybridized carbons (Fsp3) is 0.769. The van der Waals surface area contributed by atoms with E-state index in [4.69, 9.17) is 9.84 Å².